The Morgan fingerprint density at radius 2 is 1.90 bits per heavy atom. The highest BCUT2D eigenvalue weighted by molar-refractivity contribution is 8.26. The molecular formula is C21H16ClF3N2O2S2. The van der Waals surface area contributed by atoms with Crippen LogP contribution in [0, 0.1) is 6.92 Å². The van der Waals surface area contributed by atoms with Crippen LogP contribution in [0.3, 0.4) is 0 Å². The van der Waals surface area contributed by atoms with Crippen molar-refractivity contribution in [3.05, 3.63) is 69.1 Å². The molecule has 1 heterocycles. The first kappa shape index (κ1) is 23.3. The van der Waals surface area contributed by atoms with Crippen molar-refractivity contribution in [1.29, 1.82) is 0 Å². The normalized spacial score (nSPS) is 15.6. The first-order valence-corrected chi connectivity index (χ1v) is 10.6. The fraction of sp³-hybridized carbons (Fsp3) is 0.190. The lowest BCUT2D eigenvalue weighted by Crippen LogP contribution is -2.31. The van der Waals surface area contributed by atoms with Crippen molar-refractivity contribution in [3.8, 4) is 0 Å². The van der Waals surface area contributed by atoms with Crippen LogP contribution in [0.1, 0.15) is 23.1 Å². The standard InChI is InChI=1S/C21H16ClF3N2O2S2/c1-12-2-4-13(5-3-12)10-17-19(29)27(20(30)31-17)9-8-18(28)26-14-6-7-16(22)15(11-14)21(23,24)25/h2-7,10-11H,8-9H2,1H3,(H,26,28)/b17-10+. The molecule has 10 heteroatoms. The SMILES string of the molecule is Cc1ccc(/C=C2/SC(=S)N(CCC(=O)Nc3ccc(Cl)c(C(F)(F)F)c3)C2=O)cc1. The third-order valence-corrected chi connectivity index (χ3v) is 6.07. The number of halogens is 4. The van der Waals surface area contributed by atoms with Crippen LogP contribution < -0.4 is 5.32 Å². The van der Waals surface area contributed by atoms with Gasteiger partial charge in [-0.05, 0) is 36.8 Å². The van der Waals surface area contributed by atoms with Crippen molar-refractivity contribution in [1.82, 2.24) is 4.90 Å². The van der Waals surface area contributed by atoms with Gasteiger partial charge in [-0.1, -0.05) is 65.4 Å². The zero-order chi connectivity index (χ0) is 22.8. The third kappa shape index (κ3) is 5.87. The maximum absolute atomic E-state index is 13.0. The number of thioether (sulfide) groups is 1. The summed E-state index contributed by atoms with van der Waals surface area (Å²) in [6.07, 6.45) is -3.04. The lowest BCUT2D eigenvalue weighted by molar-refractivity contribution is -0.137. The molecule has 0 aliphatic carbocycles. The van der Waals surface area contributed by atoms with E-state index in [0.717, 1.165) is 35.0 Å². The topological polar surface area (TPSA) is 49.4 Å². The number of thiocarbonyl (C=S) groups is 1. The summed E-state index contributed by atoms with van der Waals surface area (Å²) < 4.78 is 39.2. The van der Waals surface area contributed by atoms with E-state index in [1.807, 2.05) is 31.2 Å². The molecule has 2 aromatic carbocycles. The molecule has 1 saturated heterocycles. The Labute approximate surface area is 191 Å². The van der Waals surface area contributed by atoms with Crippen molar-refractivity contribution >= 4 is 63.5 Å². The lowest BCUT2D eigenvalue weighted by Gasteiger charge is -2.15. The van der Waals surface area contributed by atoms with E-state index < -0.39 is 22.7 Å². The van der Waals surface area contributed by atoms with E-state index in [2.05, 4.69) is 5.32 Å². The predicted molar refractivity (Wildman–Crippen MR) is 121 cm³/mol. The minimum absolute atomic E-state index is 0.0153. The Morgan fingerprint density at radius 1 is 1.23 bits per heavy atom. The number of rotatable bonds is 5. The molecule has 0 bridgehead atoms. The van der Waals surface area contributed by atoms with E-state index in [0.29, 0.717) is 9.23 Å². The van der Waals surface area contributed by atoms with Crippen LogP contribution in [-0.4, -0.2) is 27.6 Å². The monoisotopic (exact) mass is 484 g/mol. The van der Waals surface area contributed by atoms with Gasteiger partial charge in [-0.3, -0.25) is 14.5 Å². The van der Waals surface area contributed by atoms with Gasteiger partial charge in [0.05, 0.1) is 15.5 Å². The van der Waals surface area contributed by atoms with Crippen LogP contribution in [0.4, 0.5) is 18.9 Å². The second-order valence-corrected chi connectivity index (χ2v) is 8.82. The quantitative estimate of drug-likeness (QED) is 0.424. The smallest absolute Gasteiger partial charge is 0.326 e. The molecular weight excluding hydrogens is 469 g/mol. The minimum atomic E-state index is -4.64. The number of amides is 2. The maximum Gasteiger partial charge on any atom is 0.417 e. The molecule has 1 aliphatic heterocycles. The molecule has 162 valence electrons. The molecule has 1 N–H and O–H groups in total. The maximum atomic E-state index is 13.0. The van der Waals surface area contributed by atoms with Gasteiger partial charge in [0.2, 0.25) is 5.91 Å². The van der Waals surface area contributed by atoms with E-state index in [9.17, 15) is 22.8 Å². The number of hydrogen-bond acceptors (Lipinski definition) is 4. The fourth-order valence-corrected chi connectivity index (χ4v) is 4.30. The Kier molecular flexibility index (Phi) is 7.08. The molecule has 0 saturated carbocycles. The number of carbonyl (C=O) groups excluding carboxylic acids is 2. The van der Waals surface area contributed by atoms with Crippen molar-refractivity contribution in [2.45, 2.75) is 19.5 Å². The van der Waals surface area contributed by atoms with Crippen molar-refractivity contribution in [2.24, 2.45) is 0 Å². The Hall–Kier alpha value is -2.36. The highest BCUT2D eigenvalue weighted by Crippen LogP contribution is 2.36. The second-order valence-electron chi connectivity index (χ2n) is 6.73. The van der Waals surface area contributed by atoms with Gasteiger partial charge in [-0.15, -0.1) is 0 Å². The zero-order valence-corrected chi connectivity index (χ0v) is 18.5. The van der Waals surface area contributed by atoms with Gasteiger partial charge in [0.1, 0.15) is 4.32 Å². The Balaban J connectivity index is 1.62. The van der Waals surface area contributed by atoms with Gasteiger partial charge in [-0.2, -0.15) is 13.2 Å². The summed E-state index contributed by atoms with van der Waals surface area (Å²) in [5, 5.41) is 1.94. The lowest BCUT2D eigenvalue weighted by atomic mass is 10.1. The van der Waals surface area contributed by atoms with Gasteiger partial charge in [0, 0.05) is 18.7 Å². The fourth-order valence-electron chi connectivity index (χ4n) is 2.76. The summed E-state index contributed by atoms with van der Waals surface area (Å²) >= 11 is 12.0. The van der Waals surface area contributed by atoms with Crippen LogP contribution in [0.5, 0.6) is 0 Å². The van der Waals surface area contributed by atoms with E-state index in [-0.39, 0.29) is 24.6 Å². The number of aryl methyl sites for hydroxylation is 1. The summed E-state index contributed by atoms with van der Waals surface area (Å²) in [5.74, 6) is -0.860. The van der Waals surface area contributed by atoms with Crippen LogP contribution in [0.25, 0.3) is 6.08 Å². The van der Waals surface area contributed by atoms with Crippen LogP contribution in [0.2, 0.25) is 5.02 Å². The van der Waals surface area contributed by atoms with Gasteiger partial charge in [-0.25, -0.2) is 0 Å². The number of alkyl halides is 3. The van der Waals surface area contributed by atoms with Crippen LogP contribution >= 0.6 is 35.6 Å². The molecule has 0 aromatic heterocycles. The van der Waals surface area contributed by atoms with Gasteiger partial charge in [0.25, 0.3) is 5.91 Å². The Morgan fingerprint density at radius 3 is 2.55 bits per heavy atom. The summed E-state index contributed by atoms with van der Waals surface area (Å²) in [6, 6.07) is 10.7. The van der Waals surface area contributed by atoms with E-state index in [4.69, 9.17) is 23.8 Å². The molecule has 1 fully saturated rings. The molecule has 4 nitrogen and oxygen atoms in total. The average Bonchev–Trinajstić information content (AvgIpc) is 2.95. The first-order chi connectivity index (χ1) is 14.5. The zero-order valence-electron chi connectivity index (χ0n) is 16.1. The number of nitrogens with zero attached hydrogens (tertiary/aromatic N) is 1. The Bertz CT molecular complexity index is 1070. The van der Waals surface area contributed by atoms with Crippen LogP contribution in [-0.2, 0) is 15.8 Å². The predicted octanol–water partition coefficient (Wildman–Crippen LogP) is 5.90. The molecule has 31 heavy (non-hydrogen) atoms. The van der Waals surface area contributed by atoms with Gasteiger partial charge < -0.3 is 5.32 Å². The number of carbonyl (C=O) groups is 2. The number of benzene rings is 2. The van der Waals surface area contributed by atoms with Crippen molar-refractivity contribution < 1.29 is 22.8 Å². The van der Waals surface area contributed by atoms with E-state index in [1.54, 1.807) is 6.08 Å². The average molecular weight is 485 g/mol. The summed E-state index contributed by atoms with van der Waals surface area (Å²) in [5.41, 5.74) is 0.877. The van der Waals surface area contributed by atoms with E-state index >= 15 is 0 Å². The number of anilines is 1. The summed E-state index contributed by atoms with van der Waals surface area (Å²) in [4.78, 5) is 26.6. The number of hydrogen-bond donors (Lipinski definition) is 1. The molecule has 0 unspecified atom stereocenters. The molecule has 2 aromatic rings. The van der Waals surface area contributed by atoms with Crippen molar-refractivity contribution in [2.75, 3.05) is 11.9 Å². The largest absolute Gasteiger partial charge is 0.417 e. The molecule has 0 spiro atoms. The summed E-state index contributed by atoms with van der Waals surface area (Å²) in [6.45, 7) is 1.98. The molecule has 0 radical (unpaired) electrons. The first-order valence-electron chi connectivity index (χ1n) is 9.03. The second kappa shape index (κ2) is 9.42. The van der Waals surface area contributed by atoms with Gasteiger partial charge >= 0.3 is 6.18 Å². The highest BCUT2D eigenvalue weighted by atomic mass is 35.5. The highest BCUT2D eigenvalue weighted by Gasteiger charge is 2.34. The molecule has 3 rings (SSSR count). The van der Waals surface area contributed by atoms with Crippen LogP contribution in [0.15, 0.2) is 47.4 Å². The molecule has 1 aliphatic rings. The van der Waals surface area contributed by atoms with Gasteiger partial charge in [0.15, 0.2) is 0 Å². The summed E-state index contributed by atoms with van der Waals surface area (Å²) in [7, 11) is 0. The number of nitrogens with one attached hydrogen (secondary N) is 1. The molecule has 2 amide bonds. The third-order valence-electron chi connectivity index (χ3n) is 4.37. The molecule has 0 atom stereocenters. The minimum Gasteiger partial charge on any atom is -0.326 e. The van der Waals surface area contributed by atoms with E-state index in [1.165, 1.54) is 11.0 Å². The van der Waals surface area contributed by atoms with Crippen molar-refractivity contribution in [3.63, 3.8) is 0 Å².